The highest BCUT2D eigenvalue weighted by atomic mass is 32.2. The molecule has 31 heavy (non-hydrogen) atoms. The first-order chi connectivity index (χ1) is 15.0. The van der Waals surface area contributed by atoms with Crippen LogP contribution < -0.4 is 0 Å². The van der Waals surface area contributed by atoms with E-state index in [1.54, 1.807) is 30.4 Å². The normalized spacial score (nSPS) is 23.4. The second-order valence-electron chi connectivity index (χ2n) is 8.14. The average molecular weight is 468 g/mol. The summed E-state index contributed by atoms with van der Waals surface area (Å²) < 4.78 is 33.5. The molecule has 0 unspecified atom stereocenters. The van der Waals surface area contributed by atoms with Crippen LogP contribution in [0.2, 0.25) is 0 Å². The Balaban J connectivity index is 0.00000166. The van der Waals surface area contributed by atoms with Gasteiger partial charge in [-0.05, 0) is 49.7 Å². The average Bonchev–Trinajstić information content (AvgIpc) is 2.80. The Bertz CT molecular complexity index is 759. The van der Waals surface area contributed by atoms with Crippen molar-refractivity contribution in [2.24, 2.45) is 17.8 Å². The maximum atomic E-state index is 13.7. The number of ether oxygens (including phenoxy) is 1. The Hall–Kier alpha value is -1.52. The minimum atomic E-state index is -0.693. The molecule has 2 fully saturated rings. The molecule has 0 bridgehead atoms. The van der Waals surface area contributed by atoms with Crippen molar-refractivity contribution in [3.8, 4) is 6.57 Å². The van der Waals surface area contributed by atoms with Gasteiger partial charge in [0, 0.05) is 18.1 Å². The lowest BCUT2D eigenvalue weighted by Crippen LogP contribution is -2.27. The molecule has 0 spiro atoms. The fourth-order valence-electron chi connectivity index (χ4n) is 4.30. The summed E-state index contributed by atoms with van der Waals surface area (Å²) in [5, 5.41) is 6.50. The summed E-state index contributed by atoms with van der Waals surface area (Å²) in [5.41, 5.74) is 0.336. The second kappa shape index (κ2) is 13.1. The standard InChI is InChI=1S/C23H30F2O2S2.CHN/c1-3-5-16-8-10-17(11-9-16)18-13-28-23(29-14-18)15(2)22(26)27-12-19-20(24)6-4-7-21(19)25;1-2/h4,6-7,16-18H,3,5,8-14H2,1-2H3;1H. The van der Waals surface area contributed by atoms with Crippen molar-refractivity contribution in [2.75, 3.05) is 11.5 Å². The molecule has 1 aliphatic heterocycles. The molecule has 1 saturated carbocycles. The Kier molecular flexibility index (Phi) is 10.9. The Labute approximate surface area is 193 Å². The van der Waals surface area contributed by atoms with Crippen LogP contribution in [0.1, 0.15) is 57.9 Å². The predicted molar refractivity (Wildman–Crippen MR) is 124 cm³/mol. The molecular weight excluding hydrogens is 436 g/mol. The maximum absolute atomic E-state index is 13.7. The van der Waals surface area contributed by atoms with E-state index >= 15 is 0 Å². The van der Waals surface area contributed by atoms with Crippen molar-refractivity contribution < 1.29 is 18.3 Å². The molecule has 7 heteroatoms. The van der Waals surface area contributed by atoms with Crippen LogP contribution in [-0.2, 0) is 16.1 Å². The molecule has 1 aromatic rings. The summed E-state index contributed by atoms with van der Waals surface area (Å²) in [6.07, 6.45) is 8.06. The molecule has 0 amide bonds. The summed E-state index contributed by atoms with van der Waals surface area (Å²) >= 11 is 3.47. The van der Waals surface area contributed by atoms with Gasteiger partial charge in [0.15, 0.2) is 0 Å². The molecule has 1 saturated heterocycles. The third-order valence-electron chi connectivity index (χ3n) is 6.13. The molecule has 170 valence electrons. The number of rotatable bonds is 6. The molecule has 2 aliphatic rings. The minimum absolute atomic E-state index is 0.207. The number of carbonyl (C=O) groups excluding carboxylic acids is 1. The molecule has 0 atom stereocenters. The van der Waals surface area contributed by atoms with Crippen LogP contribution in [0.15, 0.2) is 28.0 Å². The van der Waals surface area contributed by atoms with E-state index in [9.17, 15) is 13.6 Å². The van der Waals surface area contributed by atoms with Gasteiger partial charge in [-0.25, -0.2) is 18.8 Å². The van der Waals surface area contributed by atoms with Gasteiger partial charge >= 0.3 is 5.97 Å². The van der Waals surface area contributed by atoms with Crippen molar-refractivity contribution in [1.29, 1.82) is 5.26 Å². The lowest BCUT2D eigenvalue weighted by molar-refractivity contribution is -0.140. The van der Waals surface area contributed by atoms with E-state index in [0.717, 1.165) is 27.6 Å². The van der Waals surface area contributed by atoms with Crippen LogP contribution in [0.5, 0.6) is 0 Å². The van der Waals surface area contributed by atoms with E-state index in [-0.39, 0.29) is 12.2 Å². The van der Waals surface area contributed by atoms with Gasteiger partial charge in [0.1, 0.15) is 18.2 Å². The van der Waals surface area contributed by atoms with E-state index in [4.69, 9.17) is 10.00 Å². The summed E-state index contributed by atoms with van der Waals surface area (Å²) in [6.45, 7) is 7.13. The smallest absolute Gasteiger partial charge is 0.335 e. The Morgan fingerprint density at radius 3 is 2.23 bits per heavy atom. The highest BCUT2D eigenvalue weighted by Crippen LogP contribution is 2.45. The second-order valence-corrected chi connectivity index (χ2v) is 10.5. The van der Waals surface area contributed by atoms with Gasteiger partial charge in [0.2, 0.25) is 0 Å². The number of thioether (sulfide) groups is 2. The highest BCUT2D eigenvalue weighted by molar-refractivity contribution is 8.22. The lowest BCUT2D eigenvalue weighted by atomic mass is 9.75. The van der Waals surface area contributed by atoms with Gasteiger partial charge < -0.3 is 4.74 Å². The van der Waals surface area contributed by atoms with Gasteiger partial charge in [-0.2, -0.15) is 0 Å². The largest absolute Gasteiger partial charge is 0.457 e. The molecule has 0 N–H and O–H groups in total. The Morgan fingerprint density at radius 2 is 1.68 bits per heavy atom. The topological polar surface area (TPSA) is 50.1 Å². The highest BCUT2D eigenvalue weighted by Gasteiger charge is 2.31. The molecule has 0 radical (unpaired) electrons. The van der Waals surface area contributed by atoms with Crippen molar-refractivity contribution >= 4 is 29.5 Å². The van der Waals surface area contributed by atoms with Crippen LogP contribution >= 0.6 is 23.5 Å². The van der Waals surface area contributed by atoms with Crippen LogP contribution in [0, 0.1) is 41.2 Å². The fraction of sp³-hybridized carbons (Fsp3) is 0.583. The van der Waals surface area contributed by atoms with E-state index in [1.807, 2.05) is 0 Å². The quantitative estimate of drug-likeness (QED) is 0.330. The van der Waals surface area contributed by atoms with Crippen molar-refractivity contribution in [3.05, 3.63) is 45.2 Å². The van der Waals surface area contributed by atoms with Gasteiger partial charge in [-0.3, -0.25) is 0 Å². The van der Waals surface area contributed by atoms with Crippen LogP contribution in [-0.4, -0.2) is 17.5 Å². The summed E-state index contributed by atoms with van der Waals surface area (Å²) in [7, 11) is 0. The van der Waals surface area contributed by atoms with Gasteiger partial charge in [0.05, 0.1) is 15.4 Å². The number of esters is 1. The van der Waals surface area contributed by atoms with E-state index < -0.39 is 17.6 Å². The van der Waals surface area contributed by atoms with E-state index in [2.05, 4.69) is 13.5 Å². The molecule has 3 nitrogen and oxygen atoms in total. The summed E-state index contributed by atoms with van der Waals surface area (Å²) in [4.78, 5) is 12.4. The fourth-order valence-corrected chi connectivity index (χ4v) is 7.30. The molecular formula is C24H31F2NO2S2. The molecule has 1 heterocycles. The van der Waals surface area contributed by atoms with Crippen LogP contribution in [0.3, 0.4) is 0 Å². The third kappa shape index (κ3) is 7.25. The SMILES string of the molecule is C#N.CCCC1CCC(C2CSC(=C(C)C(=O)OCc3c(F)cccc3F)SC2)CC1. The zero-order valence-corrected chi connectivity index (χ0v) is 19.9. The number of benzene rings is 1. The number of nitriles is 1. The summed E-state index contributed by atoms with van der Waals surface area (Å²) in [5.74, 6) is 2.62. The number of carbonyl (C=O) groups is 1. The molecule has 1 aromatic carbocycles. The van der Waals surface area contributed by atoms with Crippen molar-refractivity contribution in [3.63, 3.8) is 0 Å². The van der Waals surface area contributed by atoms with Gasteiger partial charge in [-0.1, -0.05) is 38.7 Å². The van der Waals surface area contributed by atoms with Crippen LogP contribution in [0.25, 0.3) is 0 Å². The number of hydrogen-bond donors (Lipinski definition) is 0. The van der Waals surface area contributed by atoms with Crippen molar-refractivity contribution in [1.82, 2.24) is 0 Å². The predicted octanol–water partition coefficient (Wildman–Crippen LogP) is 7.08. The first-order valence-electron chi connectivity index (χ1n) is 10.8. The molecule has 3 rings (SSSR count). The van der Waals surface area contributed by atoms with Gasteiger partial charge in [-0.15, -0.1) is 23.5 Å². The van der Waals surface area contributed by atoms with Gasteiger partial charge in [0.25, 0.3) is 0 Å². The number of halogens is 2. The third-order valence-corrected chi connectivity index (χ3v) is 9.17. The molecule has 1 aliphatic carbocycles. The number of nitrogens with zero attached hydrogens (tertiary/aromatic N) is 1. The number of hydrogen-bond acceptors (Lipinski definition) is 5. The van der Waals surface area contributed by atoms with Crippen molar-refractivity contribution in [2.45, 2.75) is 59.0 Å². The van der Waals surface area contributed by atoms with E-state index in [0.29, 0.717) is 11.5 Å². The van der Waals surface area contributed by atoms with Crippen LogP contribution in [0.4, 0.5) is 8.78 Å². The zero-order chi connectivity index (χ0) is 22.8. The summed E-state index contributed by atoms with van der Waals surface area (Å²) in [6, 6.07) is 3.63. The Morgan fingerprint density at radius 1 is 1.10 bits per heavy atom. The minimum Gasteiger partial charge on any atom is -0.457 e. The zero-order valence-electron chi connectivity index (χ0n) is 18.2. The lowest BCUT2D eigenvalue weighted by Gasteiger charge is -2.36. The van der Waals surface area contributed by atoms with E-state index in [1.165, 1.54) is 56.7 Å². The maximum Gasteiger partial charge on any atom is 0.335 e. The first-order valence-corrected chi connectivity index (χ1v) is 12.8. The molecule has 0 aromatic heterocycles. The monoisotopic (exact) mass is 467 g/mol. The first kappa shape index (κ1) is 25.7.